The normalized spacial score (nSPS) is 13.0. The summed E-state index contributed by atoms with van der Waals surface area (Å²) < 4.78 is 0. The molecule has 2 amide bonds. The van der Waals surface area contributed by atoms with Gasteiger partial charge in [-0.25, -0.2) is 4.79 Å². The molecule has 0 radical (unpaired) electrons. The van der Waals surface area contributed by atoms with Gasteiger partial charge in [0.1, 0.15) is 0 Å². The van der Waals surface area contributed by atoms with Gasteiger partial charge in [0, 0.05) is 10.6 Å². The maximum atomic E-state index is 11.7. The Morgan fingerprint density at radius 2 is 1.76 bits per heavy atom. The van der Waals surface area contributed by atoms with Crippen LogP contribution in [-0.2, 0) is 0 Å². The van der Waals surface area contributed by atoms with Gasteiger partial charge in [-0.1, -0.05) is 23.7 Å². The zero-order valence-corrected chi connectivity index (χ0v) is 11.4. The van der Waals surface area contributed by atoms with Gasteiger partial charge in [-0.3, -0.25) is 0 Å². The van der Waals surface area contributed by atoms with Gasteiger partial charge in [0.05, 0.1) is 6.04 Å². The standard InChI is InChI=1S/C13H19ClN2O/c1-9(10-5-7-11(14)8-6-10)15-12(17)16-13(2,3)4/h5-9H,1-4H3,(H2,15,16,17)/t9-/m1/s1. The molecule has 0 saturated heterocycles. The minimum atomic E-state index is -0.232. The lowest BCUT2D eigenvalue weighted by molar-refractivity contribution is 0.229. The molecule has 1 atom stereocenters. The van der Waals surface area contributed by atoms with Crippen LogP contribution in [0.5, 0.6) is 0 Å². The maximum absolute atomic E-state index is 11.7. The smallest absolute Gasteiger partial charge is 0.315 e. The SMILES string of the molecule is C[C@@H](NC(=O)NC(C)(C)C)c1ccc(Cl)cc1. The third kappa shape index (κ3) is 5.09. The summed E-state index contributed by atoms with van der Waals surface area (Å²) in [7, 11) is 0. The topological polar surface area (TPSA) is 41.1 Å². The molecule has 0 heterocycles. The first-order valence-corrected chi connectivity index (χ1v) is 6.00. The number of halogens is 1. The van der Waals surface area contributed by atoms with Crippen molar-refractivity contribution in [1.82, 2.24) is 10.6 Å². The molecular formula is C13H19ClN2O. The van der Waals surface area contributed by atoms with E-state index in [1.165, 1.54) is 0 Å². The van der Waals surface area contributed by atoms with Crippen LogP contribution in [-0.4, -0.2) is 11.6 Å². The van der Waals surface area contributed by atoms with E-state index in [-0.39, 0.29) is 17.6 Å². The fraction of sp³-hybridized carbons (Fsp3) is 0.462. The van der Waals surface area contributed by atoms with Crippen molar-refractivity contribution in [2.24, 2.45) is 0 Å². The first-order valence-electron chi connectivity index (χ1n) is 5.62. The number of carbonyl (C=O) groups excluding carboxylic acids is 1. The Balaban J connectivity index is 2.57. The number of urea groups is 1. The molecular weight excluding hydrogens is 236 g/mol. The molecule has 94 valence electrons. The lowest BCUT2D eigenvalue weighted by Crippen LogP contribution is -2.47. The highest BCUT2D eigenvalue weighted by atomic mass is 35.5. The second-order valence-electron chi connectivity index (χ2n) is 5.12. The van der Waals surface area contributed by atoms with Gasteiger partial charge in [0.25, 0.3) is 0 Å². The van der Waals surface area contributed by atoms with Crippen molar-refractivity contribution in [1.29, 1.82) is 0 Å². The number of hydrogen-bond donors (Lipinski definition) is 2. The van der Waals surface area contributed by atoms with Crippen molar-refractivity contribution >= 4 is 17.6 Å². The Kier molecular flexibility index (Phi) is 4.40. The second kappa shape index (κ2) is 5.41. The molecule has 0 unspecified atom stereocenters. The minimum Gasteiger partial charge on any atom is -0.334 e. The van der Waals surface area contributed by atoms with Crippen LogP contribution < -0.4 is 10.6 Å². The van der Waals surface area contributed by atoms with Crippen molar-refractivity contribution in [2.75, 3.05) is 0 Å². The first kappa shape index (κ1) is 13.8. The van der Waals surface area contributed by atoms with Crippen LogP contribution in [0.15, 0.2) is 24.3 Å². The summed E-state index contributed by atoms with van der Waals surface area (Å²) in [5.74, 6) is 0. The summed E-state index contributed by atoms with van der Waals surface area (Å²) in [5.41, 5.74) is 0.794. The third-order valence-electron chi connectivity index (χ3n) is 2.21. The van der Waals surface area contributed by atoms with Gasteiger partial charge in [0.15, 0.2) is 0 Å². The molecule has 0 spiro atoms. The minimum absolute atomic E-state index is 0.0467. The number of nitrogens with one attached hydrogen (secondary N) is 2. The molecule has 4 heteroatoms. The quantitative estimate of drug-likeness (QED) is 0.833. The Morgan fingerprint density at radius 1 is 1.24 bits per heavy atom. The van der Waals surface area contributed by atoms with Crippen LogP contribution in [0.4, 0.5) is 4.79 Å². The molecule has 0 aliphatic heterocycles. The average Bonchev–Trinajstić information content (AvgIpc) is 2.15. The number of hydrogen-bond acceptors (Lipinski definition) is 1. The molecule has 1 aromatic carbocycles. The van der Waals surface area contributed by atoms with E-state index in [1.807, 2.05) is 52.0 Å². The molecule has 3 nitrogen and oxygen atoms in total. The predicted molar refractivity (Wildman–Crippen MR) is 71.3 cm³/mol. The van der Waals surface area contributed by atoms with E-state index in [1.54, 1.807) is 0 Å². The Hall–Kier alpha value is -1.22. The van der Waals surface area contributed by atoms with Crippen molar-refractivity contribution in [2.45, 2.75) is 39.3 Å². The summed E-state index contributed by atoms with van der Waals surface area (Å²) in [4.78, 5) is 11.7. The molecule has 1 rings (SSSR count). The lowest BCUT2D eigenvalue weighted by atomic mass is 10.1. The van der Waals surface area contributed by atoms with Crippen LogP contribution >= 0.6 is 11.6 Å². The van der Waals surface area contributed by atoms with E-state index in [0.717, 1.165) is 5.56 Å². The van der Waals surface area contributed by atoms with Crippen molar-refractivity contribution < 1.29 is 4.79 Å². The predicted octanol–water partition coefficient (Wildman–Crippen LogP) is 3.50. The van der Waals surface area contributed by atoms with E-state index in [9.17, 15) is 4.79 Å². The highest BCUT2D eigenvalue weighted by Crippen LogP contribution is 2.15. The van der Waals surface area contributed by atoms with Crippen LogP contribution in [0.1, 0.15) is 39.3 Å². The number of rotatable bonds is 2. The van der Waals surface area contributed by atoms with Crippen molar-refractivity contribution in [3.05, 3.63) is 34.9 Å². The zero-order valence-electron chi connectivity index (χ0n) is 10.7. The zero-order chi connectivity index (χ0) is 13.1. The maximum Gasteiger partial charge on any atom is 0.315 e. The summed E-state index contributed by atoms with van der Waals surface area (Å²) in [5, 5.41) is 6.43. The van der Waals surface area contributed by atoms with Crippen molar-refractivity contribution in [3.63, 3.8) is 0 Å². The van der Waals surface area contributed by atoms with Gasteiger partial charge < -0.3 is 10.6 Å². The van der Waals surface area contributed by atoms with E-state index in [0.29, 0.717) is 5.02 Å². The fourth-order valence-electron chi connectivity index (χ4n) is 1.41. The van der Waals surface area contributed by atoms with Crippen LogP contribution in [0.25, 0.3) is 0 Å². The molecule has 17 heavy (non-hydrogen) atoms. The summed E-state index contributed by atoms with van der Waals surface area (Å²) >= 11 is 5.81. The van der Waals surface area contributed by atoms with Crippen LogP contribution in [0.3, 0.4) is 0 Å². The third-order valence-corrected chi connectivity index (χ3v) is 2.46. The summed E-state index contributed by atoms with van der Waals surface area (Å²) in [6.45, 7) is 7.77. The van der Waals surface area contributed by atoms with Crippen molar-refractivity contribution in [3.8, 4) is 0 Å². The Morgan fingerprint density at radius 3 is 2.24 bits per heavy atom. The highest BCUT2D eigenvalue weighted by molar-refractivity contribution is 6.30. The molecule has 0 aliphatic carbocycles. The molecule has 0 bridgehead atoms. The summed E-state index contributed by atoms with van der Waals surface area (Å²) in [6, 6.07) is 7.23. The monoisotopic (exact) mass is 254 g/mol. The van der Waals surface area contributed by atoms with Gasteiger partial charge in [-0.05, 0) is 45.4 Å². The molecule has 0 aromatic heterocycles. The molecule has 0 fully saturated rings. The number of carbonyl (C=O) groups is 1. The lowest BCUT2D eigenvalue weighted by Gasteiger charge is -2.23. The van der Waals surface area contributed by atoms with E-state index in [4.69, 9.17) is 11.6 Å². The van der Waals surface area contributed by atoms with Crippen LogP contribution in [0.2, 0.25) is 5.02 Å². The highest BCUT2D eigenvalue weighted by Gasteiger charge is 2.15. The van der Waals surface area contributed by atoms with E-state index < -0.39 is 0 Å². The largest absolute Gasteiger partial charge is 0.334 e. The van der Waals surface area contributed by atoms with Gasteiger partial charge in [0.2, 0.25) is 0 Å². The van der Waals surface area contributed by atoms with E-state index in [2.05, 4.69) is 10.6 Å². The molecule has 2 N–H and O–H groups in total. The first-order chi connectivity index (χ1) is 7.78. The fourth-order valence-corrected chi connectivity index (χ4v) is 1.53. The summed E-state index contributed by atoms with van der Waals surface area (Å²) in [6.07, 6.45) is 0. The molecule has 0 saturated carbocycles. The number of benzene rings is 1. The number of amides is 2. The van der Waals surface area contributed by atoms with Gasteiger partial charge in [-0.15, -0.1) is 0 Å². The average molecular weight is 255 g/mol. The van der Waals surface area contributed by atoms with Gasteiger partial charge >= 0.3 is 6.03 Å². The van der Waals surface area contributed by atoms with E-state index >= 15 is 0 Å². The molecule has 0 aliphatic rings. The second-order valence-corrected chi connectivity index (χ2v) is 5.56. The van der Waals surface area contributed by atoms with Gasteiger partial charge in [-0.2, -0.15) is 0 Å². The molecule has 1 aromatic rings. The van der Waals surface area contributed by atoms with Crippen LogP contribution in [0, 0.1) is 0 Å². The Labute approximate surface area is 108 Å². The Bertz CT molecular complexity index is 381.